The largest absolute Gasteiger partial charge is 0.465 e. The molecule has 0 N–H and O–H groups in total. The average Bonchev–Trinajstić information content (AvgIpc) is 3.03. The summed E-state index contributed by atoms with van der Waals surface area (Å²) in [4.78, 5) is 41.4. The summed E-state index contributed by atoms with van der Waals surface area (Å²) >= 11 is 13.1. The Hall–Kier alpha value is -2.68. The summed E-state index contributed by atoms with van der Waals surface area (Å²) in [6.07, 6.45) is 0. The van der Waals surface area contributed by atoms with Crippen molar-refractivity contribution in [1.29, 1.82) is 0 Å². The van der Waals surface area contributed by atoms with E-state index in [1.807, 2.05) is 0 Å². The Morgan fingerprint density at radius 1 is 0.968 bits per heavy atom. The van der Waals surface area contributed by atoms with E-state index in [0.29, 0.717) is 25.8 Å². The van der Waals surface area contributed by atoms with Gasteiger partial charge in [0.15, 0.2) is 4.80 Å². The Morgan fingerprint density at radius 2 is 1.65 bits per heavy atom. The SMILES string of the molecule is CCOC(=O)Cn1c(=NC(=O)c2cc(Cl)cc(Cl)c2)sc2cc(C(=O)OCC)ccc21. The molecule has 2 aromatic carbocycles. The molecule has 10 heteroatoms. The van der Waals surface area contributed by atoms with Crippen LogP contribution < -0.4 is 4.80 Å². The highest BCUT2D eigenvalue weighted by Gasteiger charge is 2.16. The first-order valence-corrected chi connectivity index (χ1v) is 10.9. The van der Waals surface area contributed by atoms with Crippen molar-refractivity contribution in [3.05, 3.63) is 62.4 Å². The van der Waals surface area contributed by atoms with Gasteiger partial charge in [0, 0.05) is 15.6 Å². The van der Waals surface area contributed by atoms with E-state index in [1.54, 1.807) is 36.6 Å². The highest BCUT2D eigenvalue weighted by atomic mass is 35.5. The quantitative estimate of drug-likeness (QED) is 0.485. The summed E-state index contributed by atoms with van der Waals surface area (Å²) in [5.41, 5.74) is 1.20. The highest BCUT2D eigenvalue weighted by Crippen LogP contribution is 2.22. The van der Waals surface area contributed by atoms with Crippen LogP contribution in [-0.4, -0.2) is 35.6 Å². The van der Waals surface area contributed by atoms with Crippen molar-refractivity contribution in [2.75, 3.05) is 13.2 Å². The van der Waals surface area contributed by atoms with Gasteiger partial charge in [-0.05, 0) is 50.2 Å². The van der Waals surface area contributed by atoms with Crippen LogP contribution in [0.3, 0.4) is 0 Å². The smallest absolute Gasteiger partial charge is 0.338 e. The number of nitrogens with zero attached hydrogens (tertiary/aromatic N) is 2. The van der Waals surface area contributed by atoms with Gasteiger partial charge >= 0.3 is 11.9 Å². The van der Waals surface area contributed by atoms with Gasteiger partial charge in [0.1, 0.15) is 6.54 Å². The highest BCUT2D eigenvalue weighted by molar-refractivity contribution is 7.16. The van der Waals surface area contributed by atoms with Crippen LogP contribution in [0, 0.1) is 0 Å². The monoisotopic (exact) mass is 480 g/mol. The standard InChI is InChI=1S/C21H18Cl2N2O5S/c1-3-29-18(26)11-25-16-6-5-12(20(28)30-4-2)9-17(16)31-21(25)24-19(27)13-7-14(22)10-15(23)8-13/h5-10H,3-4,11H2,1-2H3. The van der Waals surface area contributed by atoms with Crippen molar-refractivity contribution in [2.45, 2.75) is 20.4 Å². The molecule has 7 nitrogen and oxygen atoms in total. The summed E-state index contributed by atoms with van der Waals surface area (Å²) in [5, 5.41) is 0.613. The molecular weight excluding hydrogens is 463 g/mol. The van der Waals surface area contributed by atoms with Gasteiger partial charge in [-0.2, -0.15) is 4.99 Å². The number of benzene rings is 2. The third-order valence-corrected chi connectivity index (χ3v) is 5.57. The zero-order valence-electron chi connectivity index (χ0n) is 16.7. The molecule has 0 fully saturated rings. The summed E-state index contributed by atoms with van der Waals surface area (Å²) in [7, 11) is 0. The molecule has 0 aliphatic carbocycles. The maximum Gasteiger partial charge on any atom is 0.338 e. The lowest BCUT2D eigenvalue weighted by Gasteiger charge is -2.06. The molecule has 162 valence electrons. The van der Waals surface area contributed by atoms with Gasteiger partial charge in [0.25, 0.3) is 5.91 Å². The minimum absolute atomic E-state index is 0.144. The number of ether oxygens (including phenoxy) is 2. The maximum absolute atomic E-state index is 12.7. The van der Waals surface area contributed by atoms with Gasteiger partial charge in [-0.15, -0.1) is 0 Å². The van der Waals surface area contributed by atoms with Gasteiger partial charge < -0.3 is 14.0 Å². The van der Waals surface area contributed by atoms with Crippen molar-refractivity contribution in [2.24, 2.45) is 4.99 Å². The molecule has 0 saturated heterocycles. The Kier molecular flexibility index (Phi) is 7.48. The maximum atomic E-state index is 12.7. The van der Waals surface area contributed by atoms with E-state index in [-0.39, 0.29) is 30.1 Å². The van der Waals surface area contributed by atoms with Crippen LogP contribution in [0.2, 0.25) is 10.0 Å². The predicted octanol–water partition coefficient (Wildman–Crippen LogP) is 4.49. The summed E-state index contributed by atoms with van der Waals surface area (Å²) < 4.78 is 12.3. The molecular formula is C21H18Cl2N2O5S. The molecule has 3 rings (SSSR count). The van der Waals surface area contributed by atoms with Gasteiger partial charge in [0.2, 0.25) is 0 Å². The second-order valence-corrected chi connectivity index (χ2v) is 8.14. The molecule has 3 aromatic rings. The van der Waals surface area contributed by atoms with Crippen molar-refractivity contribution in [1.82, 2.24) is 4.57 Å². The van der Waals surface area contributed by atoms with E-state index >= 15 is 0 Å². The fraction of sp³-hybridized carbons (Fsp3) is 0.238. The zero-order chi connectivity index (χ0) is 22.5. The molecule has 1 heterocycles. The third-order valence-electron chi connectivity index (χ3n) is 4.09. The number of fused-ring (bicyclic) bond motifs is 1. The van der Waals surface area contributed by atoms with Crippen LogP contribution in [0.25, 0.3) is 10.2 Å². The molecule has 0 aliphatic rings. The van der Waals surface area contributed by atoms with Crippen LogP contribution in [0.1, 0.15) is 34.6 Å². The van der Waals surface area contributed by atoms with E-state index in [4.69, 9.17) is 32.7 Å². The molecule has 1 aromatic heterocycles. The average molecular weight is 481 g/mol. The number of aromatic nitrogens is 1. The Labute approximate surface area is 191 Å². The van der Waals surface area contributed by atoms with Crippen LogP contribution in [0.4, 0.5) is 0 Å². The summed E-state index contributed by atoms with van der Waals surface area (Å²) in [5.74, 6) is -1.51. The number of halogens is 2. The van der Waals surface area contributed by atoms with Crippen molar-refractivity contribution < 1.29 is 23.9 Å². The summed E-state index contributed by atoms with van der Waals surface area (Å²) in [6, 6.07) is 9.34. The minimum Gasteiger partial charge on any atom is -0.465 e. The van der Waals surface area contributed by atoms with Crippen molar-refractivity contribution in [3.63, 3.8) is 0 Å². The van der Waals surface area contributed by atoms with Crippen molar-refractivity contribution in [3.8, 4) is 0 Å². The summed E-state index contributed by atoms with van der Waals surface area (Å²) in [6.45, 7) is 3.76. The van der Waals surface area contributed by atoms with Crippen LogP contribution >= 0.6 is 34.5 Å². The number of esters is 2. The number of carbonyl (C=O) groups excluding carboxylic acids is 3. The first-order chi connectivity index (χ1) is 14.8. The van der Waals surface area contributed by atoms with Gasteiger partial charge in [-0.3, -0.25) is 9.59 Å². The zero-order valence-corrected chi connectivity index (χ0v) is 19.0. The van der Waals surface area contributed by atoms with E-state index in [0.717, 1.165) is 11.3 Å². The van der Waals surface area contributed by atoms with Crippen LogP contribution in [0.15, 0.2) is 41.4 Å². The van der Waals surface area contributed by atoms with Crippen LogP contribution in [0.5, 0.6) is 0 Å². The van der Waals surface area contributed by atoms with E-state index in [1.165, 1.54) is 18.2 Å². The van der Waals surface area contributed by atoms with Gasteiger partial charge in [-0.25, -0.2) is 4.79 Å². The fourth-order valence-corrected chi connectivity index (χ4v) is 4.41. The normalized spacial score (nSPS) is 11.5. The Bertz CT molecular complexity index is 1210. The Balaban J connectivity index is 2.12. The molecule has 0 saturated carbocycles. The lowest BCUT2D eigenvalue weighted by Crippen LogP contribution is -2.23. The lowest BCUT2D eigenvalue weighted by atomic mass is 10.2. The van der Waals surface area contributed by atoms with Gasteiger partial charge in [0.05, 0.1) is 29.0 Å². The molecule has 0 unspecified atom stereocenters. The second kappa shape index (κ2) is 10.1. The van der Waals surface area contributed by atoms with Crippen molar-refractivity contribution >= 4 is 62.6 Å². The van der Waals surface area contributed by atoms with E-state index in [9.17, 15) is 14.4 Å². The molecule has 0 radical (unpaired) electrons. The first kappa shape index (κ1) is 23.0. The number of amides is 1. The van der Waals surface area contributed by atoms with E-state index < -0.39 is 17.8 Å². The molecule has 31 heavy (non-hydrogen) atoms. The fourth-order valence-electron chi connectivity index (χ4n) is 2.82. The lowest BCUT2D eigenvalue weighted by molar-refractivity contribution is -0.143. The molecule has 1 amide bonds. The minimum atomic E-state index is -0.570. The topological polar surface area (TPSA) is 87.0 Å². The number of carbonyl (C=O) groups is 3. The first-order valence-electron chi connectivity index (χ1n) is 9.33. The number of hydrogen-bond donors (Lipinski definition) is 0. The third kappa shape index (κ3) is 5.52. The second-order valence-electron chi connectivity index (χ2n) is 6.25. The van der Waals surface area contributed by atoms with Crippen LogP contribution in [-0.2, 0) is 20.8 Å². The molecule has 0 aliphatic heterocycles. The number of thiazole rings is 1. The molecule has 0 bridgehead atoms. The predicted molar refractivity (Wildman–Crippen MR) is 119 cm³/mol. The van der Waals surface area contributed by atoms with E-state index in [2.05, 4.69) is 4.99 Å². The Morgan fingerprint density at radius 3 is 2.29 bits per heavy atom. The number of rotatable bonds is 6. The van der Waals surface area contributed by atoms with Gasteiger partial charge in [-0.1, -0.05) is 34.5 Å². The molecule has 0 spiro atoms. The number of hydrogen-bond acceptors (Lipinski definition) is 6. The molecule has 0 atom stereocenters.